The van der Waals surface area contributed by atoms with E-state index in [1.54, 1.807) is 12.1 Å². The minimum atomic E-state index is -4.46. The molecular formula is C19H21F4N3O. The van der Waals surface area contributed by atoms with E-state index >= 15 is 0 Å². The molecule has 1 unspecified atom stereocenters. The van der Waals surface area contributed by atoms with Crippen molar-refractivity contribution in [1.82, 2.24) is 15.2 Å². The predicted molar refractivity (Wildman–Crippen MR) is 92.5 cm³/mol. The molecule has 27 heavy (non-hydrogen) atoms. The first kappa shape index (κ1) is 19.7. The SMILES string of the molecule is C[C@H]1CN(C(c2ccc(F)cc2)c2ccc(C(F)(F)F)cn2)[C@H](CO)CN1. The molecule has 0 bridgehead atoms. The van der Waals surface area contributed by atoms with E-state index < -0.39 is 23.6 Å². The lowest BCUT2D eigenvalue weighted by atomic mass is 9.96. The Labute approximate surface area is 154 Å². The van der Waals surface area contributed by atoms with Crippen molar-refractivity contribution in [3.63, 3.8) is 0 Å². The number of nitrogens with zero attached hydrogens (tertiary/aromatic N) is 2. The summed E-state index contributed by atoms with van der Waals surface area (Å²) in [5, 5.41) is 13.1. The Kier molecular flexibility index (Phi) is 5.78. The molecule has 3 atom stereocenters. The van der Waals surface area contributed by atoms with E-state index in [-0.39, 0.29) is 18.7 Å². The van der Waals surface area contributed by atoms with Crippen molar-refractivity contribution in [2.45, 2.75) is 31.2 Å². The summed E-state index contributed by atoms with van der Waals surface area (Å²) >= 11 is 0. The first-order valence-electron chi connectivity index (χ1n) is 8.68. The lowest BCUT2D eigenvalue weighted by Crippen LogP contribution is -2.57. The Morgan fingerprint density at radius 1 is 1.22 bits per heavy atom. The average Bonchev–Trinajstić information content (AvgIpc) is 2.63. The summed E-state index contributed by atoms with van der Waals surface area (Å²) in [6.45, 7) is 2.98. The maximum atomic E-state index is 13.4. The van der Waals surface area contributed by atoms with Crippen molar-refractivity contribution in [2.75, 3.05) is 19.7 Å². The van der Waals surface area contributed by atoms with Gasteiger partial charge in [0, 0.05) is 31.4 Å². The summed E-state index contributed by atoms with van der Waals surface area (Å²) in [6.07, 6.45) is -3.65. The van der Waals surface area contributed by atoms with Crippen molar-refractivity contribution in [2.24, 2.45) is 0 Å². The summed E-state index contributed by atoms with van der Waals surface area (Å²) in [5.74, 6) is -0.398. The summed E-state index contributed by atoms with van der Waals surface area (Å²) in [5.41, 5.74) is 0.301. The van der Waals surface area contributed by atoms with E-state index in [4.69, 9.17) is 0 Å². The molecule has 4 nitrogen and oxygen atoms in total. The number of hydrogen-bond acceptors (Lipinski definition) is 4. The third kappa shape index (κ3) is 4.45. The van der Waals surface area contributed by atoms with Gasteiger partial charge >= 0.3 is 6.18 Å². The van der Waals surface area contributed by atoms with Crippen LogP contribution >= 0.6 is 0 Å². The molecule has 146 valence electrons. The Balaban J connectivity index is 2.03. The standard InChI is InChI=1S/C19H21F4N3O/c1-12-10-26(16(11-27)9-24-12)18(13-2-5-15(20)6-3-13)17-7-4-14(8-25-17)19(21,22)23/h2-8,12,16,18,24,27H,9-11H2,1H3/t12-,16-,18?/m0/s1. The molecule has 3 rings (SSSR count). The van der Waals surface area contributed by atoms with Gasteiger partial charge in [0.05, 0.1) is 23.9 Å². The minimum Gasteiger partial charge on any atom is -0.395 e. The van der Waals surface area contributed by atoms with Gasteiger partial charge in [0.15, 0.2) is 0 Å². The fourth-order valence-corrected chi connectivity index (χ4v) is 3.38. The van der Waals surface area contributed by atoms with E-state index in [9.17, 15) is 22.7 Å². The van der Waals surface area contributed by atoms with Crippen molar-refractivity contribution in [3.8, 4) is 0 Å². The van der Waals surface area contributed by atoms with E-state index in [0.717, 1.165) is 12.3 Å². The number of rotatable bonds is 4. The highest BCUT2D eigenvalue weighted by atomic mass is 19.4. The molecular weight excluding hydrogens is 362 g/mol. The average molecular weight is 383 g/mol. The van der Waals surface area contributed by atoms with Crippen LogP contribution in [-0.4, -0.2) is 46.8 Å². The number of pyridine rings is 1. The van der Waals surface area contributed by atoms with Crippen LogP contribution < -0.4 is 5.32 Å². The highest BCUT2D eigenvalue weighted by molar-refractivity contribution is 5.30. The van der Waals surface area contributed by atoms with E-state index in [0.29, 0.717) is 24.3 Å². The van der Waals surface area contributed by atoms with E-state index in [1.807, 2.05) is 11.8 Å². The van der Waals surface area contributed by atoms with Gasteiger partial charge in [0.1, 0.15) is 5.82 Å². The van der Waals surface area contributed by atoms with Crippen LogP contribution in [-0.2, 0) is 6.18 Å². The Morgan fingerprint density at radius 3 is 2.48 bits per heavy atom. The van der Waals surface area contributed by atoms with E-state index in [2.05, 4.69) is 10.3 Å². The van der Waals surface area contributed by atoms with E-state index in [1.165, 1.54) is 18.2 Å². The van der Waals surface area contributed by atoms with Crippen molar-refractivity contribution >= 4 is 0 Å². The zero-order valence-corrected chi connectivity index (χ0v) is 14.7. The van der Waals surface area contributed by atoms with Gasteiger partial charge in [0.25, 0.3) is 0 Å². The van der Waals surface area contributed by atoms with Crippen LogP contribution in [0.15, 0.2) is 42.6 Å². The second-order valence-corrected chi connectivity index (χ2v) is 6.77. The number of piperazine rings is 1. The largest absolute Gasteiger partial charge is 0.417 e. The van der Waals surface area contributed by atoms with Crippen LogP contribution in [0.4, 0.5) is 17.6 Å². The number of hydrogen-bond donors (Lipinski definition) is 2. The van der Waals surface area contributed by atoms with Crippen molar-refractivity contribution < 1.29 is 22.7 Å². The zero-order chi connectivity index (χ0) is 19.6. The van der Waals surface area contributed by atoms with Crippen molar-refractivity contribution in [1.29, 1.82) is 0 Å². The summed E-state index contributed by atoms with van der Waals surface area (Å²) in [4.78, 5) is 6.06. The van der Waals surface area contributed by atoms with Gasteiger partial charge in [-0.1, -0.05) is 12.1 Å². The number of aliphatic hydroxyl groups excluding tert-OH is 1. The quantitative estimate of drug-likeness (QED) is 0.797. The molecule has 1 aromatic carbocycles. The van der Waals surface area contributed by atoms with Crippen molar-refractivity contribution in [3.05, 3.63) is 65.2 Å². The van der Waals surface area contributed by atoms with Crippen LogP contribution in [0.25, 0.3) is 0 Å². The van der Waals surface area contributed by atoms with Crippen LogP contribution in [0, 0.1) is 5.82 Å². The van der Waals surface area contributed by atoms with Crippen LogP contribution in [0.3, 0.4) is 0 Å². The van der Waals surface area contributed by atoms with Gasteiger partial charge in [-0.25, -0.2) is 4.39 Å². The molecule has 1 saturated heterocycles. The lowest BCUT2D eigenvalue weighted by Gasteiger charge is -2.43. The number of alkyl halides is 3. The number of nitrogens with one attached hydrogen (secondary N) is 1. The molecule has 1 fully saturated rings. The van der Waals surface area contributed by atoms with Crippen LogP contribution in [0.2, 0.25) is 0 Å². The second kappa shape index (κ2) is 7.92. The molecule has 0 radical (unpaired) electrons. The molecule has 2 N–H and O–H groups in total. The van der Waals surface area contributed by atoms with Gasteiger partial charge in [-0.15, -0.1) is 0 Å². The van der Waals surface area contributed by atoms with Gasteiger partial charge in [-0.2, -0.15) is 13.2 Å². The number of halogens is 4. The maximum absolute atomic E-state index is 13.4. The molecule has 2 aromatic rings. The Hall–Kier alpha value is -2.03. The normalized spacial score (nSPS) is 22.6. The highest BCUT2D eigenvalue weighted by Gasteiger charge is 2.35. The Bertz CT molecular complexity index is 749. The monoisotopic (exact) mass is 383 g/mol. The first-order valence-corrected chi connectivity index (χ1v) is 8.68. The summed E-state index contributed by atoms with van der Waals surface area (Å²) in [7, 11) is 0. The molecule has 0 aliphatic carbocycles. The summed E-state index contributed by atoms with van der Waals surface area (Å²) < 4.78 is 52.0. The smallest absolute Gasteiger partial charge is 0.395 e. The fourth-order valence-electron chi connectivity index (χ4n) is 3.38. The molecule has 1 aliphatic heterocycles. The number of benzene rings is 1. The third-order valence-corrected chi connectivity index (χ3v) is 4.78. The van der Waals surface area contributed by atoms with Gasteiger partial charge in [0.2, 0.25) is 0 Å². The third-order valence-electron chi connectivity index (χ3n) is 4.78. The van der Waals surface area contributed by atoms with Crippen LogP contribution in [0.5, 0.6) is 0 Å². The molecule has 8 heteroatoms. The first-order chi connectivity index (χ1) is 12.8. The molecule has 1 aromatic heterocycles. The maximum Gasteiger partial charge on any atom is 0.417 e. The number of aromatic nitrogens is 1. The Morgan fingerprint density at radius 2 is 1.93 bits per heavy atom. The fraction of sp³-hybridized carbons (Fsp3) is 0.421. The van der Waals surface area contributed by atoms with Crippen LogP contribution in [0.1, 0.15) is 29.8 Å². The number of aliphatic hydroxyl groups is 1. The topological polar surface area (TPSA) is 48.4 Å². The molecule has 0 saturated carbocycles. The van der Waals surface area contributed by atoms with Gasteiger partial charge in [-0.05, 0) is 36.8 Å². The lowest BCUT2D eigenvalue weighted by molar-refractivity contribution is -0.137. The van der Waals surface area contributed by atoms with Gasteiger partial charge in [-0.3, -0.25) is 9.88 Å². The highest BCUT2D eigenvalue weighted by Crippen LogP contribution is 2.33. The second-order valence-electron chi connectivity index (χ2n) is 6.77. The molecule has 0 spiro atoms. The molecule has 1 aliphatic rings. The molecule has 2 heterocycles. The van der Waals surface area contributed by atoms with Gasteiger partial charge < -0.3 is 10.4 Å². The predicted octanol–water partition coefficient (Wildman–Crippen LogP) is 2.98. The zero-order valence-electron chi connectivity index (χ0n) is 14.7. The minimum absolute atomic E-state index is 0.113. The summed E-state index contributed by atoms with van der Waals surface area (Å²) in [6, 6.07) is 7.56. The molecule has 0 amide bonds.